The van der Waals surface area contributed by atoms with E-state index >= 15 is 0 Å². The number of hydrogen-bond acceptors (Lipinski definition) is 4. The third-order valence-corrected chi connectivity index (χ3v) is 5.65. The van der Waals surface area contributed by atoms with Crippen molar-refractivity contribution < 1.29 is 9.32 Å². The fraction of sp³-hybridized carbons (Fsp3) is 0.526. The molecule has 2 heterocycles. The van der Waals surface area contributed by atoms with Gasteiger partial charge in [0.15, 0.2) is 5.82 Å². The van der Waals surface area contributed by atoms with E-state index in [0.29, 0.717) is 11.7 Å². The van der Waals surface area contributed by atoms with E-state index in [1.807, 2.05) is 11.0 Å². The van der Waals surface area contributed by atoms with Gasteiger partial charge in [0.05, 0.1) is 12.0 Å². The molecule has 1 aliphatic heterocycles. The van der Waals surface area contributed by atoms with Gasteiger partial charge in [-0.3, -0.25) is 4.79 Å². The van der Waals surface area contributed by atoms with Crippen LogP contribution in [0.1, 0.15) is 72.8 Å². The van der Waals surface area contributed by atoms with Crippen LogP contribution in [0.15, 0.2) is 28.8 Å². The first-order valence-corrected chi connectivity index (χ1v) is 9.03. The molecule has 1 saturated heterocycles. The van der Waals surface area contributed by atoms with Crippen LogP contribution >= 0.6 is 0 Å². The van der Waals surface area contributed by atoms with Gasteiger partial charge in [-0.2, -0.15) is 4.98 Å². The van der Waals surface area contributed by atoms with E-state index in [4.69, 9.17) is 4.52 Å². The van der Waals surface area contributed by atoms with Gasteiger partial charge in [-0.1, -0.05) is 29.4 Å². The largest absolute Gasteiger partial charge is 0.339 e. The second kappa shape index (κ2) is 5.43. The molecule has 5 nitrogen and oxygen atoms in total. The number of amides is 1. The van der Waals surface area contributed by atoms with Gasteiger partial charge in [0.1, 0.15) is 0 Å². The Morgan fingerprint density at radius 3 is 2.92 bits per heavy atom. The van der Waals surface area contributed by atoms with E-state index < -0.39 is 0 Å². The Balaban J connectivity index is 1.40. The van der Waals surface area contributed by atoms with E-state index in [-0.39, 0.29) is 17.9 Å². The van der Waals surface area contributed by atoms with Crippen LogP contribution in [0.25, 0.3) is 0 Å². The Bertz CT molecular complexity index is 780. The summed E-state index contributed by atoms with van der Waals surface area (Å²) in [5.41, 5.74) is 2.53. The summed E-state index contributed by atoms with van der Waals surface area (Å²) in [6, 6.07) is 8.33. The first-order valence-electron chi connectivity index (χ1n) is 9.03. The molecule has 0 unspecified atom stereocenters. The molecule has 0 bridgehead atoms. The van der Waals surface area contributed by atoms with Gasteiger partial charge in [0.25, 0.3) is 0 Å². The monoisotopic (exact) mass is 323 g/mol. The minimum absolute atomic E-state index is 0.00314. The van der Waals surface area contributed by atoms with Crippen LogP contribution in [0, 0.1) is 0 Å². The van der Waals surface area contributed by atoms with Crippen molar-refractivity contribution in [1.82, 2.24) is 15.0 Å². The van der Waals surface area contributed by atoms with Crippen LogP contribution in [-0.2, 0) is 11.2 Å². The van der Waals surface area contributed by atoms with Gasteiger partial charge in [-0.25, -0.2) is 0 Å². The maximum atomic E-state index is 13.2. The zero-order valence-corrected chi connectivity index (χ0v) is 13.6. The lowest BCUT2D eigenvalue weighted by Crippen LogP contribution is -2.34. The number of aromatic nitrogens is 2. The summed E-state index contributed by atoms with van der Waals surface area (Å²) in [6.07, 6.45) is 6.16. The van der Waals surface area contributed by atoms with Crippen LogP contribution < -0.4 is 0 Å². The number of benzene rings is 1. The van der Waals surface area contributed by atoms with E-state index in [9.17, 15) is 4.79 Å². The predicted molar refractivity (Wildman–Crippen MR) is 87.5 cm³/mol. The van der Waals surface area contributed by atoms with Gasteiger partial charge in [0.2, 0.25) is 11.8 Å². The standard InChI is InChI=1S/C19H21N3O2/c23-19(15-10-9-12-4-1-2-5-14(12)15)22-11-3-6-16(22)17-20-18(24-21-17)13-7-8-13/h1-2,4-5,13,15-16H,3,6-11H2/t15-,16+/m0/s1. The maximum Gasteiger partial charge on any atom is 0.230 e. The highest BCUT2D eigenvalue weighted by molar-refractivity contribution is 5.85. The minimum atomic E-state index is -0.0125. The predicted octanol–water partition coefficient (Wildman–Crippen LogP) is 3.34. The SMILES string of the molecule is O=C([C@H]1CCc2ccccc21)N1CCC[C@@H]1c1noc(C2CC2)n1. The van der Waals surface area contributed by atoms with Crippen LogP contribution in [-0.4, -0.2) is 27.5 Å². The normalized spacial score (nSPS) is 25.9. The summed E-state index contributed by atoms with van der Waals surface area (Å²) in [7, 11) is 0. The average Bonchev–Trinajstić information content (AvgIpc) is 3.06. The summed E-state index contributed by atoms with van der Waals surface area (Å²) in [4.78, 5) is 19.8. The number of aryl methyl sites for hydroxylation is 1. The quantitative estimate of drug-likeness (QED) is 0.869. The molecule has 124 valence electrons. The molecule has 1 aromatic carbocycles. The molecule has 0 radical (unpaired) electrons. The number of rotatable bonds is 3. The van der Waals surface area contributed by atoms with Gasteiger partial charge >= 0.3 is 0 Å². The number of likely N-dealkylation sites (tertiary alicyclic amines) is 1. The van der Waals surface area contributed by atoms with Gasteiger partial charge in [-0.05, 0) is 49.7 Å². The lowest BCUT2D eigenvalue weighted by molar-refractivity contribution is -0.133. The molecule has 2 aliphatic carbocycles. The van der Waals surface area contributed by atoms with E-state index in [1.54, 1.807) is 0 Å². The summed E-state index contributed by atoms with van der Waals surface area (Å²) in [6.45, 7) is 0.801. The second-order valence-corrected chi connectivity index (χ2v) is 7.24. The highest BCUT2D eigenvalue weighted by atomic mass is 16.5. The van der Waals surface area contributed by atoms with E-state index in [2.05, 4.69) is 28.3 Å². The fourth-order valence-electron chi connectivity index (χ4n) is 4.19. The fourth-order valence-corrected chi connectivity index (χ4v) is 4.19. The lowest BCUT2D eigenvalue weighted by atomic mass is 9.99. The Morgan fingerprint density at radius 1 is 1.17 bits per heavy atom. The van der Waals surface area contributed by atoms with Gasteiger partial charge in [0, 0.05) is 12.5 Å². The zero-order valence-electron chi connectivity index (χ0n) is 13.6. The summed E-state index contributed by atoms with van der Waals surface area (Å²) in [5, 5.41) is 4.18. The third-order valence-electron chi connectivity index (χ3n) is 5.65. The summed E-state index contributed by atoms with van der Waals surface area (Å²) in [5.74, 6) is 2.15. The average molecular weight is 323 g/mol. The molecule has 0 spiro atoms. The molecular formula is C19H21N3O2. The smallest absolute Gasteiger partial charge is 0.230 e. The molecule has 1 aromatic heterocycles. The van der Waals surface area contributed by atoms with Gasteiger partial charge in [-0.15, -0.1) is 0 Å². The maximum absolute atomic E-state index is 13.2. The molecule has 24 heavy (non-hydrogen) atoms. The van der Waals surface area contributed by atoms with Crippen molar-refractivity contribution in [1.29, 1.82) is 0 Å². The summed E-state index contributed by atoms with van der Waals surface area (Å²) >= 11 is 0. The number of hydrogen-bond donors (Lipinski definition) is 0. The highest BCUT2D eigenvalue weighted by Gasteiger charge is 2.40. The topological polar surface area (TPSA) is 59.2 Å². The molecule has 2 aromatic rings. The third kappa shape index (κ3) is 2.26. The van der Waals surface area contributed by atoms with Crippen LogP contribution in [0.5, 0.6) is 0 Å². The molecule has 0 N–H and O–H groups in total. The van der Waals surface area contributed by atoms with Crippen LogP contribution in [0.3, 0.4) is 0 Å². The number of carbonyl (C=O) groups excluding carboxylic acids is 1. The molecule has 1 saturated carbocycles. The van der Waals surface area contributed by atoms with E-state index in [1.165, 1.54) is 11.1 Å². The highest BCUT2D eigenvalue weighted by Crippen LogP contribution is 2.41. The Labute approximate surface area is 141 Å². The summed E-state index contributed by atoms with van der Waals surface area (Å²) < 4.78 is 5.41. The Hall–Kier alpha value is -2.17. The van der Waals surface area contributed by atoms with Crippen molar-refractivity contribution in [2.24, 2.45) is 0 Å². The van der Waals surface area contributed by atoms with Crippen LogP contribution in [0.4, 0.5) is 0 Å². The van der Waals surface area contributed by atoms with E-state index in [0.717, 1.165) is 51.0 Å². The van der Waals surface area contributed by atoms with Crippen molar-refractivity contribution in [3.8, 4) is 0 Å². The number of carbonyl (C=O) groups is 1. The zero-order chi connectivity index (χ0) is 16.1. The number of fused-ring (bicyclic) bond motifs is 1. The molecular weight excluding hydrogens is 302 g/mol. The molecule has 2 atom stereocenters. The second-order valence-electron chi connectivity index (χ2n) is 7.24. The van der Waals surface area contributed by atoms with Crippen molar-refractivity contribution in [3.63, 3.8) is 0 Å². The van der Waals surface area contributed by atoms with Crippen molar-refractivity contribution in [2.45, 2.75) is 56.4 Å². The first kappa shape index (κ1) is 14.2. The first-order chi connectivity index (χ1) is 11.8. The molecule has 2 fully saturated rings. The minimum Gasteiger partial charge on any atom is -0.339 e. The molecule has 5 rings (SSSR count). The van der Waals surface area contributed by atoms with Crippen LogP contribution in [0.2, 0.25) is 0 Å². The lowest BCUT2D eigenvalue weighted by Gasteiger charge is -2.25. The molecule has 1 amide bonds. The Kier molecular flexibility index (Phi) is 3.21. The van der Waals surface area contributed by atoms with Gasteiger partial charge < -0.3 is 9.42 Å². The van der Waals surface area contributed by atoms with Crippen molar-refractivity contribution >= 4 is 5.91 Å². The Morgan fingerprint density at radius 2 is 2.04 bits per heavy atom. The molecule has 5 heteroatoms. The molecule has 3 aliphatic rings. The van der Waals surface area contributed by atoms with Crippen molar-refractivity contribution in [2.75, 3.05) is 6.54 Å². The number of nitrogens with zero attached hydrogens (tertiary/aromatic N) is 3. The van der Waals surface area contributed by atoms with Crippen molar-refractivity contribution in [3.05, 3.63) is 47.1 Å².